The fourth-order valence-electron chi connectivity index (χ4n) is 3.24. The van der Waals surface area contributed by atoms with Crippen molar-refractivity contribution in [3.63, 3.8) is 0 Å². The largest absolute Gasteiger partial charge is 0.493 e. The maximum absolute atomic E-state index is 12.7. The molecule has 0 radical (unpaired) electrons. The normalized spacial score (nSPS) is 11.1. The van der Waals surface area contributed by atoms with Crippen LogP contribution in [0.15, 0.2) is 81.4 Å². The quantitative estimate of drug-likeness (QED) is 0.264. The summed E-state index contributed by atoms with van der Waals surface area (Å²) in [5.41, 5.74) is 0.151. The van der Waals surface area contributed by atoms with Crippen LogP contribution < -0.4 is 20.7 Å². The van der Waals surface area contributed by atoms with Crippen molar-refractivity contribution in [3.05, 3.63) is 109 Å². The number of fused-ring (bicyclic) bond motifs is 1. The molecule has 1 N–H and O–H groups in total. The zero-order valence-electron chi connectivity index (χ0n) is 17.4. The summed E-state index contributed by atoms with van der Waals surface area (Å²) in [6.07, 6.45) is 1.32. The lowest BCUT2D eigenvalue weighted by molar-refractivity contribution is -0.384. The van der Waals surface area contributed by atoms with E-state index in [-0.39, 0.29) is 12.3 Å². The first-order chi connectivity index (χ1) is 16.0. The molecule has 10 heteroatoms. The molecule has 0 saturated carbocycles. The van der Waals surface area contributed by atoms with Gasteiger partial charge in [0.15, 0.2) is 11.5 Å². The van der Waals surface area contributed by atoms with Crippen molar-refractivity contribution in [3.8, 4) is 11.5 Å². The fraction of sp³-hybridized carbons (Fsp3) is 0.0870. The molecule has 0 atom stereocenters. The topological polar surface area (TPSA) is 129 Å². The molecule has 4 rings (SSSR count). The van der Waals surface area contributed by atoms with Gasteiger partial charge in [-0.25, -0.2) is 4.79 Å². The minimum Gasteiger partial charge on any atom is -0.493 e. The highest BCUT2D eigenvalue weighted by molar-refractivity contribution is 5.85. The number of aromatic nitrogens is 2. The van der Waals surface area contributed by atoms with Gasteiger partial charge < -0.3 is 14.5 Å². The van der Waals surface area contributed by atoms with Gasteiger partial charge in [0.2, 0.25) is 0 Å². The first-order valence-electron chi connectivity index (χ1n) is 9.79. The molecule has 0 bridgehead atoms. The number of ether oxygens (including phenoxy) is 2. The van der Waals surface area contributed by atoms with Crippen LogP contribution in [-0.4, -0.2) is 27.9 Å². The van der Waals surface area contributed by atoms with E-state index in [0.29, 0.717) is 33.5 Å². The van der Waals surface area contributed by atoms with E-state index < -0.39 is 16.2 Å². The number of non-ortho nitro benzene ring substituents is 1. The third kappa shape index (κ3) is 4.49. The SMILES string of the molecule is COc1cccc(C=Nn2c(=O)[nH]c3ccccc3c2=O)c1OCc1cccc([N+](=O)[O-])c1. The minimum absolute atomic E-state index is 0.0272. The Labute approximate surface area is 186 Å². The summed E-state index contributed by atoms with van der Waals surface area (Å²) in [4.78, 5) is 38.2. The Balaban J connectivity index is 1.68. The predicted octanol–water partition coefficient (Wildman–Crippen LogP) is 3.07. The van der Waals surface area contributed by atoms with Crippen LogP contribution in [0.2, 0.25) is 0 Å². The number of H-pyrrole nitrogens is 1. The molecule has 4 aromatic rings. The molecule has 3 aromatic carbocycles. The van der Waals surface area contributed by atoms with E-state index in [0.717, 1.165) is 4.68 Å². The molecule has 0 saturated heterocycles. The van der Waals surface area contributed by atoms with Crippen molar-refractivity contribution in [1.82, 2.24) is 9.66 Å². The van der Waals surface area contributed by atoms with Crippen molar-refractivity contribution < 1.29 is 14.4 Å². The molecule has 0 aliphatic heterocycles. The molecule has 0 fully saturated rings. The molecule has 0 spiro atoms. The van der Waals surface area contributed by atoms with E-state index in [2.05, 4.69) is 10.1 Å². The Morgan fingerprint density at radius 2 is 1.88 bits per heavy atom. The molecule has 1 heterocycles. The summed E-state index contributed by atoms with van der Waals surface area (Å²) in [6, 6.07) is 17.8. The molecule has 10 nitrogen and oxygen atoms in total. The summed E-state index contributed by atoms with van der Waals surface area (Å²) >= 11 is 0. The smallest absolute Gasteiger partial charge is 0.349 e. The number of methoxy groups -OCH3 is 1. The highest BCUT2D eigenvalue weighted by atomic mass is 16.6. The average Bonchev–Trinajstić information content (AvgIpc) is 2.83. The molecule has 0 aliphatic rings. The van der Waals surface area contributed by atoms with Crippen LogP contribution >= 0.6 is 0 Å². The number of hydrogen-bond donors (Lipinski definition) is 1. The number of nitro groups is 1. The lowest BCUT2D eigenvalue weighted by Crippen LogP contribution is -2.32. The Bertz CT molecular complexity index is 1490. The molecule has 0 amide bonds. The van der Waals surface area contributed by atoms with Crippen LogP contribution in [0.1, 0.15) is 11.1 Å². The lowest BCUT2D eigenvalue weighted by atomic mass is 10.2. The molecule has 1 aromatic heterocycles. The maximum Gasteiger partial charge on any atom is 0.349 e. The summed E-state index contributed by atoms with van der Waals surface area (Å²) in [5.74, 6) is 0.699. The van der Waals surface area contributed by atoms with E-state index in [1.807, 2.05) is 0 Å². The summed E-state index contributed by atoms with van der Waals surface area (Å²) in [6.45, 7) is 0.0272. The molecule has 33 heavy (non-hydrogen) atoms. The first-order valence-corrected chi connectivity index (χ1v) is 9.79. The van der Waals surface area contributed by atoms with Crippen LogP contribution in [-0.2, 0) is 6.61 Å². The Morgan fingerprint density at radius 3 is 2.67 bits per heavy atom. The van der Waals surface area contributed by atoms with E-state index in [1.165, 1.54) is 25.5 Å². The maximum atomic E-state index is 12.7. The average molecular weight is 446 g/mol. The Morgan fingerprint density at radius 1 is 1.09 bits per heavy atom. The van der Waals surface area contributed by atoms with Crippen molar-refractivity contribution in [2.45, 2.75) is 6.61 Å². The Hall–Kier alpha value is -4.73. The predicted molar refractivity (Wildman–Crippen MR) is 122 cm³/mol. The molecular weight excluding hydrogens is 428 g/mol. The number of benzene rings is 3. The van der Waals surface area contributed by atoms with Crippen LogP contribution in [0, 0.1) is 10.1 Å². The van der Waals surface area contributed by atoms with Gasteiger partial charge in [-0.05, 0) is 29.8 Å². The van der Waals surface area contributed by atoms with E-state index in [4.69, 9.17) is 9.47 Å². The number of nitrogens with zero attached hydrogens (tertiary/aromatic N) is 3. The number of para-hydroxylation sites is 2. The number of nitrogens with one attached hydrogen (secondary N) is 1. The third-order valence-electron chi connectivity index (χ3n) is 4.83. The highest BCUT2D eigenvalue weighted by Crippen LogP contribution is 2.31. The number of nitro benzene ring substituents is 1. The molecule has 166 valence electrons. The van der Waals surface area contributed by atoms with Gasteiger partial charge in [0.1, 0.15) is 6.61 Å². The minimum atomic E-state index is -0.683. The number of rotatable bonds is 7. The van der Waals surface area contributed by atoms with Gasteiger partial charge in [0.05, 0.1) is 29.2 Å². The van der Waals surface area contributed by atoms with Crippen LogP contribution in [0.3, 0.4) is 0 Å². The van der Waals surface area contributed by atoms with Gasteiger partial charge >= 0.3 is 5.69 Å². The monoisotopic (exact) mass is 446 g/mol. The second-order valence-electron chi connectivity index (χ2n) is 6.93. The first kappa shape index (κ1) is 21.5. The zero-order valence-corrected chi connectivity index (χ0v) is 17.4. The molecule has 0 aliphatic carbocycles. The third-order valence-corrected chi connectivity index (χ3v) is 4.83. The lowest BCUT2D eigenvalue weighted by Gasteiger charge is -2.13. The van der Waals surface area contributed by atoms with Gasteiger partial charge in [0.25, 0.3) is 11.2 Å². The van der Waals surface area contributed by atoms with Crippen LogP contribution in [0.5, 0.6) is 11.5 Å². The van der Waals surface area contributed by atoms with Crippen molar-refractivity contribution >= 4 is 22.8 Å². The van der Waals surface area contributed by atoms with Gasteiger partial charge in [0, 0.05) is 17.7 Å². The van der Waals surface area contributed by atoms with Crippen LogP contribution in [0.4, 0.5) is 5.69 Å². The van der Waals surface area contributed by atoms with Gasteiger partial charge in [-0.1, -0.05) is 30.3 Å². The number of hydrogen-bond acceptors (Lipinski definition) is 7. The van der Waals surface area contributed by atoms with Crippen molar-refractivity contribution in [1.29, 1.82) is 0 Å². The van der Waals surface area contributed by atoms with Gasteiger partial charge in [-0.15, -0.1) is 4.68 Å². The second-order valence-corrected chi connectivity index (χ2v) is 6.93. The summed E-state index contributed by atoms with van der Waals surface area (Å²) in [5, 5.41) is 15.4. The summed E-state index contributed by atoms with van der Waals surface area (Å²) in [7, 11) is 1.47. The second kappa shape index (κ2) is 9.18. The zero-order chi connectivity index (χ0) is 23.4. The van der Waals surface area contributed by atoms with Crippen molar-refractivity contribution in [2.24, 2.45) is 5.10 Å². The van der Waals surface area contributed by atoms with E-state index in [9.17, 15) is 19.7 Å². The standard InChI is InChI=1S/C23H18N4O6/c1-32-20-11-5-7-16(21(20)33-14-15-6-4-8-17(12-15)27(30)31)13-24-26-22(28)18-9-2-3-10-19(18)25-23(26)29/h2-13H,14H2,1H3,(H,25,29). The van der Waals surface area contributed by atoms with Crippen LogP contribution in [0.25, 0.3) is 10.9 Å². The Kier molecular flexibility index (Phi) is 5.98. The van der Waals surface area contributed by atoms with E-state index >= 15 is 0 Å². The van der Waals surface area contributed by atoms with Gasteiger partial charge in [-0.2, -0.15) is 5.10 Å². The number of aromatic amines is 1. The molecular formula is C23H18N4O6. The van der Waals surface area contributed by atoms with Gasteiger partial charge in [-0.3, -0.25) is 14.9 Å². The van der Waals surface area contributed by atoms with E-state index in [1.54, 1.807) is 54.6 Å². The molecule has 0 unspecified atom stereocenters. The summed E-state index contributed by atoms with van der Waals surface area (Å²) < 4.78 is 12.0. The van der Waals surface area contributed by atoms with Crippen molar-refractivity contribution in [2.75, 3.05) is 7.11 Å². The fourth-order valence-corrected chi connectivity index (χ4v) is 3.24. The highest BCUT2D eigenvalue weighted by Gasteiger charge is 2.12.